The van der Waals surface area contributed by atoms with E-state index in [0.717, 1.165) is 23.0 Å². The molecular weight excluding hydrogens is 354 g/mol. The van der Waals surface area contributed by atoms with Crippen LogP contribution in [0.25, 0.3) is 23.1 Å². The van der Waals surface area contributed by atoms with E-state index in [1.165, 1.54) is 11.1 Å². The second kappa shape index (κ2) is 7.15. The summed E-state index contributed by atoms with van der Waals surface area (Å²) in [5.74, 6) is 0.151. The number of benzene rings is 2. The van der Waals surface area contributed by atoms with E-state index in [9.17, 15) is 10.1 Å². The standard InChI is InChI=1S/C22H19N3O3/c1-15-7-9-17(10-8-15)13-24-14-18(19-5-3-4-6-20(19)24)11-12-21-22(25(26)27)16(2)23-28-21/h3-12,14H,13H2,1-2H3/b12-11+. The summed E-state index contributed by atoms with van der Waals surface area (Å²) in [4.78, 5) is 10.8. The van der Waals surface area contributed by atoms with Crippen molar-refractivity contribution in [3.8, 4) is 0 Å². The molecule has 0 atom stereocenters. The molecule has 0 saturated heterocycles. The van der Waals surface area contributed by atoms with Crippen molar-refractivity contribution in [2.45, 2.75) is 20.4 Å². The Labute approximate surface area is 161 Å². The lowest BCUT2D eigenvalue weighted by Crippen LogP contribution is -1.97. The SMILES string of the molecule is Cc1ccc(Cn2cc(/C=C/c3onc(C)c3[N+](=O)[O-])c3ccccc32)cc1. The molecule has 4 rings (SSSR count). The predicted molar refractivity (Wildman–Crippen MR) is 109 cm³/mol. The summed E-state index contributed by atoms with van der Waals surface area (Å²) in [5.41, 5.74) is 4.68. The van der Waals surface area contributed by atoms with Crippen LogP contribution in [0.15, 0.2) is 59.3 Å². The number of hydrogen-bond donors (Lipinski definition) is 0. The fraction of sp³-hybridized carbons (Fsp3) is 0.136. The number of para-hydroxylation sites is 1. The maximum absolute atomic E-state index is 11.2. The summed E-state index contributed by atoms with van der Waals surface area (Å²) >= 11 is 0. The highest BCUT2D eigenvalue weighted by Crippen LogP contribution is 2.27. The Balaban J connectivity index is 1.72. The first kappa shape index (κ1) is 17.7. The molecule has 6 heteroatoms. The zero-order valence-electron chi connectivity index (χ0n) is 15.6. The van der Waals surface area contributed by atoms with Gasteiger partial charge in [-0.3, -0.25) is 10.1 Å². The van der Waals surface area contributed by atoms with Gasteiger partial charge in [-0.2, -0.15) is 0 Å². The minimum absolute atomic E-state index is 0.0976. The van der Waals surface area contributed by atoms with Crippen LogP contribution in [0.5, 0.6) is 0 Å². The van der Waals surface area contributed by atoms with E-state index < -0.39 is 4.92 Å². The second-order valence-corrected chi connectivity index (χ2v) is 6.79. The fourth-order valence-electron chi connectivity index (χ4n) is 3.31. The molecule has 4 aromatic rings. The molecule has 2 aromatic heterocycles. The van der Waals surface area contributed by atoms with Crippen LogP contribution in [-0.2, 0) is 6.54 Å². The Kier molecular flexibility index (Phi) is 4.53. The highest BCUT2D eigenvalue weighted by Gasteiger charge is 2.22. The smallest absolute Gasteiger partial charge is 0.338 e. The molecule has 0 bridgehead atoms. The topological polar surface area (TPSA) is 74.1 Å². The molecule has 0 fully saturated rings. The molecule has 0 unspecified atom stereocenters. The van der Waals surface area contributed by atoms with Crippen molar-refractivity contribution in [2.75, 3.05) is 0 Å². The van der Waals surface area contributed by atoms with Gasteiger partial charge in [-0.1, -0.05) is 53.2 Å². The van der Waals surface area contributed by atoms with Gasteiger partial charge >= 0.3 is 5.69 Å². The number of fused-ring (bicyclic) bond motifs is 1. The number of rotatable bonds is 5. The summed E-state index contributed by atoms with van der Waals surface area (Å²) in [6, 6.07) is 16.6. The summed E-state index contributed by atoms with van der Waals surface area (Å²) in [7, 11) is 0. The van der Waals surface area contributed by atoms with Crippen LogP contribution < -0.4 is 0 Å². The molecule has 2 aromatic carbocycles. The monoisotopic (exact) mass is 373 g/mol. The molecule has 0 aliphatic heterocycles. The zero-order valence-corrected chi connectivity index (χ0v) is 15.6. The van der Waals surface area contributed by atoms with Crippen molar-refractivity contribution in [3.63, 3.8) is 0 Å². The van der Waals surface area contributed by atoms with E-state index in [1.807, 2.05) is 24.3 Å². The normalized spacial score (nSPS) is 11.5. The maximum Gasteiger partial charge on any atom is 0.338 e. The van der Waals surface area contributed by atoms with E-state index >= 15 is 0 Å². The van der Waals surface area contributed by atoms with Crippen LogP contribution >= 0.6 is 0 Å². The third-order valence-corrected chi connectivity index (χ3v) is 4.75. The number of aromatic nitrogens is 2. The first-order valence-electron chi connectivity index (χ1n) is 8.95. The predicted octanol–water partition coefficient (Wildman–Crippen LogP) is 5.37. The van der Waals surface area contributed by atoms with Gasteiger partial charge in [0.1, 0.15) is 0 Å². The molecule has 0 N–H and O–H groups in total. The van der Waals surface area contributed by atoms with Crippen LogP contribution in [0.1, 0.15) is 28.1 Å². The van der Waals surface area contributed by atoms with Crippen LogP contribution in [0.4, 0.5) is 5.69 Å². The zero-order chi connectivity index (χ0) is 19.7. The molecule has 2 heterocycles. The minimum Gasteiger partial charge on any atom is -0.349 e. The van der Waals surface area contributed by atoms with Crippen molar-refractivity contribution in [1.29, 1.82) is 0 Å². The number of nitro groups is 1. The lowest BCUT2D eigenvalue weighted by atomic mass is 10.1. The molecule has 140 valence electrons. The van der Waals surface area contributed by atoms with Gasteiger partial charge in [-0.25, -0.2) is 0 Å². The van der Waals surface area contributed by atoms with Crippen molar-refractivity contribution >= 4 is 28.7 Å². The number of hydrogen-bond acceptors (Lipinski definition) is 4. The van der Waals surface area contributed by atoms with Gasteiger partial charge in [0, 0.05) is 29.2 Å². The fourth-order valence-corrected chi connectivity index (χ4v) is 3.31. The summed E-state index contributed by atoms with van der Waals surface area (Å²) in [6.45, 7) is 4.38. The maximum atomic E-state index is 11.2. The van der Waals surface area contributed by atoms with Gasteiger partial charge in [0.05, 0.1) is 4.92 Å². The van der Waals surface area contributed by atoms with Gasteiger partial charge in [0.2, 0.25) is 5.76 Å². The van der Waals surface area contributed by atoms with E-state index in [0.29, 0.717) is 0 Å². The minimum atomic E-state index is -0.466. The van der Waals surface area contributed by atoms with E-state index in [4.69, 9.17) is 4.52 Å². The molecule has 0 radical (unpaired) electrons. The van der Waals surface area contributed by atoms with Gasteiger partial charge in [-0.15, -0.1) is 0 Å². The Bertz CT molecular complexity index is 1180. The largest absolute Gasteiger partial charge is 0.349 e. The lowest BCUT2D eigenvalue weighted by Gasteiger charge is -2.06. The lowest BCUT2D eigenvalue weighted by molar-refractivity contribution is -0.386. The molecule has 0 spiro atoms. The molecule has 28 heavy (non-hydrogen) atoms. The second-order valence-electron chi connectivity index (χ2n) is 6.79. The van der Waals surface area contributed by atoms with Gasteiger partial charge in [-0.05, 0) is 37.6 Å². The van der Waals surface area contributed by atoms with Crippen molar-refractivity contribution in [3.05, 3.63) is 93.0 Å². The molecule has 6 nitrogen and oxygen atoms in total. The van der Waals surface area contributed by atoms with Crippen molar-refractivity contribution in [2.24, 2.45) is 0 Å². The third kappa shape index (κ3) is 3.32. The number of aryl methyl sites for hydroxylation is 2. The first-order valence-corrected chi connectivity index (χ1v) is 8.95. The average Bonchev–Trinajstić information content (AvgIpc) is 3.22. The molecule has 0 saturated carbocycles. The van der Waals surface area contributed by atoms with E-state index in [-0.39, 0.29) is 17.1 Å². The summed E-state index contributed by atoms with van der Waals surface area (Å²) < 4.78 is 7.30. The van der Waals surface area contributed by atoms with E-state index in [2.05, 4.69) is 53.2 Å². The van der Waals surface area contributed by atoms with Crippen molar-refractivity contribution in [1.82, 2.24) is 9.72 Å². The Morgan fingerprint density at radius 3 is 2.61 bits per heavy atom. The van der Waals surface area contributed by atoms with Gasteiger partial charge < -0.3 is 9.09 Å². The van der Waals surface area contributed by atoms with Gasteiger partial charge in [0.15, 0.2) is 5.69 Å². The highest BCUT2D eigenvalue weighted by atomic mass is 16.6. The Morgan fingerprint density at radius 2 is 1.86 bits per heavy atom. The van der Waals surface area contributed by atoms with Gasteiger partial charge in [0.25, 0.3) is 0 Å². The quantitative estimate of drug-likeness (QED) is 0.348. The molecule has 0 aliphatic carbocycles. The Morgan fingerprint density at radius 1 is 1.11 bits per heavy atom. The highest BCUT2D eigenvalue weighted by molar-refractivity contribution is 5.92. The van der Waals surface area contributed by atoms with Crippen LogP contribution in [0.3, 0.4) is 0 Å². The summed E-state index contributed by atoms with van der Waals surface area (Å²) in [6.07, 6.45) is 5.49. The summed E-state index contributed by atoms with van der Waals surface area (Å²) in [5, 5.41) is 16.0. The third-order valence-electron chi connectivity index (χ3n) is 4.75. The van der Waals surface area contributed by atoms with E-state index in [1.54, 1.807) is 13.0 Å². The molecular formula is C22H19N3O3. The molecule has 0 aliphatic rings. The molecule has 0 amide bonds. The number of nitrogens with zero attached hydrogens (tertiary/aromatic N) is 3. The first-order chi connectivity index (χ1) is 13.5. The Hall–Kier alpha value is -3.67. The van der Waals surface area contributed by atoms with Crippen LogP contribution in [0, 0.1) is 24.0 Å². The van der Waals surface area contributed by atoms with Crippen LogP contribution in [0.2, 0.25) is 0 Å². The average molecular weight is 373 g/mol. The van der Waals surface area contributed by atoms with Crippen LogP contribution in [-0.4, -0.2) is 14.6 Å². The van der Waals surface area contributed by atoms with Crippen molar-refractivity contribution < 1.29 is 9.45 Å².